The topological polar surface area (TPSA) is 75.6 Å². The Morgan fingerprint density at radius 1 is 1.15 bits per heavy atom. The van der Waals surface area contributed by atoms with Gasteiger partial charge in [-0.05, 0) is 35.4 Å². The van der Waals surface area contributed by atoms with Crippen molar-refractivity contribution in [3.63, 3.8) is 0 Å². The number of hydrogen-bond donors (Lipinski definition) is 2. The normalized spacial score (nSPS) is 15.7. The molecule has 0 aromatic heterocycles. The van der Waals surface area contributed by atoms with Crippen molar-refractivity contribution in [2.24, 2.45) is 0 Å². The summed E-state index contributed by atoms with van der Waals surface area (Å²) in [6.45, 7) is 0. The van der Waals surface area contributed by atoms with Gasteiger partial charge < -0.3 is 15.2 Å². The largest absolute Gasteiger partial charge is 0.497 e. The van der Waals surface area contributed by atoms with Crippen molar-refractivity contribution in [2.45, 2.75) is 0 Å². The molecule has 0 spiro atoms. The van der Waals surface area contributed by atoms with E-state index in [-0.39, 0.29) is 34.0 Å². The minimum absolute atomic E-state index is 0.00225. The Bertz CT molecular complexity index is 1030. The number of hydrogen-bond acceptors (Lipinski definition) is 4. The number of aliphatic carboxylic acids is 1. The van der Waals surface area contributed by atoms with Crippen LogP contribution in [0.2, 0.25) is 0 Å². The lowest BCUT2D eigenvalue weighted by Crippen LogP contribution is -2.19. The summed E-state index contributed by atoms with van der Waals surface area (Å²) in [4.78, 5) is 23.5. The lowest BCUT2D eigenvalue weighted by atomic mass is 10.0. The van der Waals surface area contributed by atoms with Gasteiger partial charge >= 0.3 is 5.97 Å². The number of carbonyl (C=O) groups is 2. The second-order valence-corrected chi connectivity index (χ2v) is 6.64. The lowest BCUT2D eigenvalue weighted by molar-refractivity contribution is -0.132. The van der Waals surface area contributed by atoms with Crippen LogP contribution in [0.15, 0.2) is 47.5 Å². The standard InChI is InChI=1S/C19H15F2NO4S/c1-26-12-4-2-3-10(5-12)11-6-15(20)17(16(21)7-11)22-18(23)13-8-27-9-14(13)19(24)25/h2-7H,8-9H2,1H3,(H,22,23)(H,24,25)/i1D3. The fraction of sp³-hybridized carbons (Fsp3) is 0.158. The smallest absolute Gasteiger partial charge is 0.332 e. The average molecular weight is 394 g/mol. The van der Waals surface area contributed by atoms with Crippen LogP contribution < -0.4 is 10.1 Å². The summed E-state index contributed by atoms with van der Waals surface area (Å²) in [7, 11) is -2.68. The van der Waals surface area contributed by atoms with E-state index < -0.39 is 36.2 Å². The molecule has 1 heterocycles. The van der Waals surface area contributed by atoms with Crippen LogP contribution in [0.25, 0.3) is 11.1 Å². The Hall–Kier alpha value is -2.87. The van der Waals surface area contributed by atoms with E-state index in [1.165, 1.54) is 36.0 Å². The van der Waals surface area contributed by atoms with E-state index in [0.29, 0.717) is 5.56 Å². The van der Waals surface area contributed by atoms with Crippen LogP contribution in [-0.2, 0) is 9.59 Å². The highest BCUT2D eigenvalue weighted by atomic mass is 32.2. The maximum absolute atomic E-state index is 14.6. The first-order valence-electron chi connectivity index (χ1n) is 9.18. The van der Waals surface area contributed by atoms with Crippen LogP contribution in [0.1, 0.15) is 4.11 Å². The van der Waals surface area contributed by atoms with E-state index in [1.54, 1.807) is 0 Å². The van der Waals surface area contributed by atoms with Gasteiger partial charge in [0.15, 0.2) is 0 Å². The third-order valence-electron chi connectivity index (χ3n) is 3.96. The van der Waals surface area contributed by atoms with Crippen LogP contribution in [0.3, 0.4) is 0 Å². The summed E-state index contributed by atoms with van der Waals surface area (Å²) in [5, 5.41) is 11.2. The number of carbonyl (C=O) groups excluding carboxylic acids is 1. The zero-order chi connectivity index (χ0) is 22.1. The number of ether oxygens (including phenoxy) is 1. The van der Waals surface area contributed by atoms with Crippen LogP contribution in [0.4, 0.5) is 14.5 Å². The number of anilines is 1. The van der Waals surface area contributed by atoms with E-state index in [0.717, 1.165) is 12.1 Å². The zero-order valence-electron chi connectivity index (χ0n) is 16.7. The first kappa shape index (κ1) is 15.2. The van der Waals surface area contributed by atoms with Gasteiger partial charge in [-0.1, -0.05) is 12.1 Å². The minimum Gasteiger partial charge on any atom is -0.497 e. The number of carboxylic acids is 1. The van der Waals surface area contributed by atoms with E-state index in [4.69, 9.17) is 14.0 Å². The molecular formula is C19H15F2NO4S. The zero-order valence-corrected chi connectivity index (χ0v) is 14.5. The highest BCUT2D eigenvalue weighted by Crippen LogP contribution is 2.31. The highest BCUT2D eigenvalue weighted by molar-refractivity contribution is 8.00. The van der Waals surface area contributed by atoms with Crippen molar-refractivity contribution in [2.75, 3.05) is 23.9 Å². The van der Waals surface area contributed by atoms with Gasteiger partial charge in [0, 0.05) is 17.1 Å². The summed E-state index contributed by atoms with van der Waals surface area (Å²) in [6.07, 6.45) is 0. The molecule has 2 aromatic carbocycles. The molecule has 5 nitrogen and oxygen atoms in total. The van der Waals surface area contributed by atoms with Crippen LogP contribution in [0.5, 0.6) is 5.75 Å². The molecule has 2 N–H and O–H groups in total. The molecule has 140 valence electrons. The van der Waals surface area contributed by atoms with E-state index in [9.17, 15) is 18.4 Å². The SMILES string of the molecule is [2H]C([2H])([2H])Oc1cccc(-c2cc(F)c(NC(=O)C3=C(C(=O)O)CSC3)c(F)c2)c1. The molecule has 1 amide bonds. The second kappa shape index (κ2) is 7.79. The van der Waals surface area contributed by atoms with Crippen molar-refractivity contribution < 1.29 is 32.3 Å². The maximum Gasteiger partial charge on any atom is 0.332 e. The van der Waals surface area contributed by atoms with Gasteiger partial charge in [-0.15, -0.1) is 0 Å². The Balaban J connectivity index is 1.88. The molecule has 0 fully saturated rings. The number of benzene rings is 2. The summed E-state index contributed by atoms with van der Waals surface area (Å²) in [6, 6.07) is 7.65. The molecule has 8 heteroatoms. The quantitative estimate of drug-likeness (QED) is 0.809. The van der Waals surface area contributed by atoms with Crippen LogP contribution in [0, 0.1) is 11.6 Å². The Labute approximate surface area is 162 Å². The van der Waals surface area contributed by atoms with Crippen molar-refractivity contribution in [1.82, 2.24) is 0 Å². The number of rotatable bonds is 5. The molecule has 0 bridgehead atoms. The molecule has 0 atom stereocenters. The highest BCUT2D eigenvalue weighted by Gasteiger charge is 2.27. The number of nitrogens with one attached hydrogen (secondary N) is 1. The Morgan fingerprint density at radius 3 is 2.52 bits per heavy atom. The molecule has 0 radical (unpaired) electrons. The van der Waals surface area contributed by atoms with E-state index >= 15 is 0 Å². The van der Waals surface area contributed by atoms with Gasteiger partial charge in [0.05, 0.1) is 16.7 Å². The molecule has 1 aliphatic heterocycles. The van der Waals surface area contributed by atoms with Gasteiger partial charge in [0.25, 0.3) is 5.91 Å². The van der Waals surface area contributed by atoms with Gasteiger partial charge in [-0.3, -0.25) is 4.79 Å². The maximum atomic E-state index is 14.6. The monoisotopic (exact) mass is 394 g/mol. The molecule has 2 aromatic rings. The molecule has 3 rings (SSSR count). The predicted octanol–water partition coefficient (Wildman–Crippen LogP) is 3.71. The van der Waals surface area contributed by atoms with Crippen LogP contribution in [-0.4, -0.2) is 35.5 Å². The predicted molar refractivity (Wildman–Crippen MR) is 99.0 cm³/mol. The van der Waals surface area contributed by atoms with Crippen molar-refractivity contribution in [3.8, 4) is 16.9 Å². The lowest BCUT2D eigenvalue weighted by Gasteiger charge is -2.11. The van der Waals surface area contributed by atoms with Gasteiger partial charge in [-0.2, -0.15) is 11.8 Å². The van der Waals surface area contributed by atoms with Gasteiger partial charge in [0.2, 0.25) is 0 Å². The molecule has 0 saturated carbocycles. The van der Waals surface area contributed by atoms with Crippen molar-refractivity contribution in [3.05, 3.63) is 59.2 Å². The average Bonchev–Trinajstić information content (AvgIpc) is 3.13. The Kier molecular flexibility index (Phi) is 4.39. The fourth-order valence-electron chi connectivity index (χ4n) is 2.61. The van der Waals surface area contributed by atoms with E-state index in [1.807, 2.05) is 0 Å². The molecule has 27 heavy (non-hydrogen) atoms. The first-order valence-corrected chi connectivity index (χ1v) is 8.83. The van der Waals surface area contributed by atoms with Gasteiger partial charge in [-0.25, -0.2) is 13.6 Å². The number of methoxy groups -OCH3 is 1. The van der Waals surface area contributed by atoms with Crippen LogP contribution >= 0.6 is 11.8 Å². The second-order valence-electron chi connectivity index (χ2n) is 5.65. The molecule has 0 unspecified atom stereocenters. The van der Waals surface area contributed by atoms with E-state index in [2.05, 4.69) is 5.32 Å². The molecule has 0 aliphatic carbocycles. The summed E-state index contributed by atoms with van der Waals surface area (Å²) in [5.41, 5.74) is -0.435. The summed E-state index contributed by atoms with van der Waals surface area (Å²) in [5.74, 6) is -4.00. The summed E-state index contributed by atoms with van der Waals surface area (Å²) < 4.78 is 55.3. The first-order chi connectivity index (χ1) is 14.0. The summed E-state index contributed by atoms with van der Waals surface area (Å²) >= 11 is 1.22. The third kappa shape index (κ3) is 3.95. The third-order valence-corrected chi connectivity index (χ3v) is 4.94. The molecule has 1 aliphatic rings. The van der Waals surface area contributed by atoms with Crippen molar-refractivity contribution >= 4 is 29.3 Å². The number of carboxylic acid groups (broad SMARTS) is 1. The number of thioether (sulfide) groups is 1. The molecule has 0 saturated heterocycles. The molecular weight excluding hydrogens is 376 g/mol. The minimum atomic E-state index is -2.68. The van der Waals surface area contributed by atoms with Crippen molar-refractivity contribution in [1.29, 1.82) is 0 Å². The number of amides is 1. The Morgan fingerprint density at radius 2 is 1.85 bits per heavy atom. The number of halogens is 2. The fourth-order valence-corrected chi connectivity index (χ4v) is 3.72. The van der Waals surface area contributed by atoms with Gasteiger partial charge in [0.1, 0.15) is 23.1 Å².